The smallest absolute Gasteiger partial charge is 0.249 e. The van der Waals surface area contributed by atoms with E-state index in [9.17, 15) is 9.59 Å². The standard InChI is InChI=1S/C18H23N5O2/c1-11(2)9-23-10-14(8-15(23)24)17(25)20-18-19-16(21-22-18)13-6-4-12(3)5-7-13/h4-7,11,14H,8-10H2,1-3H3,(H2,19,20,21,22,25)/t14-/m0/s1. The number of aromatic nitrogens is 3. The number of hydrogen-bond donors (Lipinski definition) is 2. The summed E-state index contributed by atoms with van der Waals surface area (Å²) in [5.41, 5.74) is 2.06. The van der Waals surface area contributed by atoms with Crippen molar-refractivity contribution in [2.24, 2.45) is 11.8 Å². The largest absolute Gasteiger partial charge is 0.342 e. The molecule has 0 bridgehead atoms. The van der Waals surface area contributed by atoms with Crippen LogP contribution in [0.2, 0.25) is 0 Å². The van der Waals surface area contributed by atoms with Crippen LogP contribution in [0.5, 0.6) is 0 Å². The Morgan fingerprint density at radius 2 is 2.08 bits per heavy atom. The molecule has 1 aliphatic rings. The summed E-state index contributed by atoms with van der Waals surface area (Å²) < 4.78 is 0. The Morgan fingerprint density at radius 3 is 2.76 bits per heavy atom. The molecule has 1 atom stereocenters. The lowest BCUT2D eigenvalue weighted by Gasteiger charge is -2.18. The molecule has 2 aromatic rings. The number of hydrogen-bond acceptors (Lipinski definition) is 4. The van der Waals surface area contributed by atoms with Crippen molar-refractivity contribution in [1.82, 2.24) is 20.1 Å². The second-order valence-electron chi connectivity index (χ2n) is 6.96. The maximum absolute atomic E-state index is 12.4. The number of amides is 2. The van der Waals surface area contributed by atoms with Crippen LogP contribution in [0.3, 0.4) is 0 Å². The molecule has 2 heterocycles. The summed E-state index contributed by atoms with van der Waals surface area (Å²) in [6.45, 7) is 7.27. The van der Waals surface area contributed by atoms with Crippen LogP contribution >= 0.6 is 0 Å². The second-order valence-corrected chi connectivity index (χ2v) is 6.96. The predicted molar refractivity (Wildman–Crippen MR) is 94.7 cm³/mol. The average Bonchev–Trinajstić information content (AvgIpc) is 3.15. The van der Waals surface area contributed by atoms with Gasteiger partial charge in [-0.15, -0.1) is 5.10 Å². The Morgan fingerprint density at radius 1 is 1.36 bits per heavy atom. The van der Waals surface area contributed by atoms with Gasteiger partial charge in [-0.3, -0.25) is 20.0 Å². The number of aromatic amines is 1. The zero-order valence-electron chi connectivity index (χ0n) is 14.7. The molecule has 1 saturated heterocycles. The first kappa shape index (κ1) is 17.1. The number of nitrogens with zero attached hydrogens (tertiary/aromatic N) is 3. The van der Waals surface area contributed by atoms with E-state index in [1.165, 1.54) is 0 Å². The van der Waals surface area contributed by atoms with E-state index in [0.717, 1.165) is 11.1 Å². The minimum atomic E-state index is -0.354. The number of nitrogens with one attached hydrogen (secondary N) is 2. The van der Waals surface area contributed by atoms with Crippen molar-refractivity contribution in [3.8, 4) is 11.4 Å². The fourth-order valence-corrected chi connectivity index (χ4v) is 2.94. The summed E-state index contributed by atoms with van der Waals surface area (Å²) in [6.07, 6.45) is 0.244. The summed E-state index contributed by atoms with van der Waals surface area (Å²) in [4.78, 5) is 30.5. The first-order valence-electron chi connectivity index (χ1n) is 8.50. The highest BCUT2D eigenvalue weighted by atomic mass is 16.2. The van der Waals surface area contributed by atoms with Crippen LogP contribution in [0.25, 0.3) is 11.4 Å². The Labute approximate surface area is 146 Å². The van der Waals surface area contributed by atoms with E-state index in [0.29, 0.717) is 24.8 Å². The van der Waals surface area contributed by atoms with Crippen molar-refractivity contribution in [2.75, 3.05) is 18.4 Å². The van der Waals surface area contributed by atoms with Gasteiger partial charge in [0.25, 0.3) is 0 Å². The van der Waals surface area contributed by atoms with Gasteiger partial charge < -0.3 is 4.90 Å². The maximum Gasteiger partial charge on any atom is 0.249 e. The number of rotatable bonds is 5. The number of carbonyl (C=O) groups excluding carboxylic acids is 2. The number of H-pyrrole nitrogens is 1. The molecular formula is C18H23N5O2. The van der Waals surface area contributed by atoms with Gasteiger partial charge in [-0.25, -0.2) is 0 Å². The van der Waals surface area contributed by atoms with Crippen molar-refractivity contribution in [1.29, 1.82) is 0 Å². The Kier molecular flexibility index (Phi) is 4.83. The summed E-state index contributed by atoms with van der Waals surface area (Å²) in [5, 5.41) is 9.58. The quantitative estimate of drug-likeness (QED) is 0.872. The van der Waals surface area contributed by atoms with Crippen LogP contribution < -0.4 is 5.32 Å². The first-order chi connectivity index (χ1) is 11.9. The third-order valence-electron chi connectivity index (χ3n) is 4.22. The van der Waals surface area contributed by atoms with Gasteiger partial charge in [0.05, 0.1) is 5.92 Å². The monoisotopic (exact) mass is 341 g/mol. The maximum atomic E-state index is 12.4. The summed E-state index contributed by atoms with van der Waals surface area (Å²) in [5.74, 6) is 0.677. The van der Waals surface area contributed by atoms with E-state index in [2.05, 4.69) is 34.3 Å². The molecule has 7 heteroatoms. The highest BCUT2D eigenvalue weighted by Crippen LogP contribution is 2.21. The van der Waals surface area contributed by atoms with E-state index in [-0.39, 0.29) is 30.1 Å². The van der Waals surface area contributed by atoms with E-state index in [4.69, 9.17) is 0 Å². The molecule has 3 rings (SSSR count). The molecule has 132 valence electrons. The molecule has 1 aromatic carbocycles. The highest BCUT2D eigenvalue weighted by Gasteiger charge is 2.34. The molecule has 1 fully saturated rings. The van der Waals surface area contributed by atoms with Crippen molar-refractivity contribution in [2.45, 2.75) is 27.2 Å². The van der Waals surface area contributed by atoms with Crippen LogP contribution in [-0.2, 0) is 9.59 Å². The third kappa shape index (κ3) is 4.04. The molecule has 1 aromatic heterocycles. The van der Waals surface area contributed by atoms with Gasteiger partial charge in [-0.2, -0.15) is 4.98 Å². The van der Waals surface area contributed by atoms with Gasteiger partial charge in [0, 0.05) is 25.1 Å². The Hall–Kier alpha value is -2.70. The van der Waals surface area contributed by atoms with Gasteiger partial charge in [0.2, 0.25) is 17.8 Å². The van der Waals surface area contributed by atoms with Crippen LogP contribution in [0, 0.1) is 18.8 Å². The van der Waals surface area contributed by atoms with E-state index in [1.807, 2.05) is 31.2 Å². The van der Waals surface area contributed by atoms with Crippen molar-refractivity contribution >= 4 is 17.8 Å². The van der Waals surface area contributed by atoms with Crippen LogP contribution in [0.4, 0.5) is 5.95 Å². The predicted octanol–water partition coefficient (Wildman–Crippen LogP) is 2.22. The summed E-state index contributed by atoms with van der Waals surface area (Å²) >= 11 is 0. The molecule has 0 saturated carbocycles. The zero-order chi connectivity index (χ0) is 18.0. The van der Waals surface area contributed by atoms with Crippen LogP contribution in [0.1, 0.15) is 25.8 Å². The van der Waals surface area contributed by atoms with Gasteiger partial charge >= 0.3 is 0 Å². The molecule has 0 unspecified atom stereocenters. The molecule has 1 aliphatic heterocycles. The molecule has 0 aliphatic carbocycles. The number of likely N-dealkylation sites (tertiary alicyclic amines) is 1. The fourth-order valence-electron chi connectivity index (χ4n) is 2.94. The van der Waals surface area contributed by atoms with Gasteiger partial charge in [0.1, 0.15) is 0 Å². The first-order valence-corrected chi connectivity index (χ1v) is 8.50. The SMILES string of the molecule is Cc1ccc(-c2nc(NC(=O)[C@H]3CC(=O)N(CC(C)C)C3)n[nH]2)cc1. The van der Waals surface area contributed by atoms with Crippen LogP contribution in [0.15, 0.2) is 24.3 Å². The minimum absolute atomic E-state index is 0.0316. The van der Waals surface area contributed by atoms with Gasteiger partial charge in [-0.1, -0.05) is 43.7 Å². The average molecular weight is 341 g/mol. The molecule has 0 radical (unpaired) electrons. The van der Waals surface area contributed by atoms with Crippen molar-refractivity contribution in [3.05, 3.63) is 29.8 Å². The minimum Gasteiger partial charge on any atom is -0.342 e. The van der Waals surface area contributed by atoms with E-state index in [1.54, 1.807) is 4.90 Å². The molecule has 7 nitrogen and oxygen atoms in total. The van der Waals surface area contributed by atoms with E-state index >= 15 is 0 Å². The van der Waals surface area contributed by atoms with Gasteiger partial charge in [-0.05, 0) is 12.8 Å². The van der Waals surface area contributed by atoms with Crippen LogP contribution in [-0.4, -0.2) is 45.0 Å². The molecule has 2 amide bonds. The lowest BCUT2D eigenvalue weighted by atomic mass is 10.1. The summed E-state index contributed by atoms with van der Waals surface area (Å²) in [6, 6.07) is 7.87. The third-order valence-corrected chi connectivity index (χ3v) is 4.22. The molecule has 2 N–H and O–H groups in total. The van der Waals surface area contributed by atoms with E-state index < -0.39 is 0 Å². The topological polar surface area (TPSA) is 91.0 Å². The fraction of sp³-hybridized carbons (Fsp3) is 0.444. The van der Waals surface area contributed by atoms with Crippen molar-refractivity contribution < 1.29 is 9.59 Å². The lowest BCUT2D eigenvalue weighted by Crippen LogP contribution is -2.31. The number of carbonyl (C=O) groups is 2. The number of benzene rings is 1. The Balaban J connectivity index is 1.62. The summed E-state index contributed by atoms with van der Waals surface area (Å²) in [7, 11) is 0. The molecule has 0 spiro atoms. The molecule has 25 heavy (non-hydrogen) atoms. The Bertz CT molecular complexity index is 766. The highest BCUT2D eigenvalue weighted by molar-refractivity contribution is 5.96. The number of anilines is 1. The zero-order valence-corrected chi connectivity index (χ0v) is 14.7. The lowest BCUT2D eigenvalue weighted by molar-refractivity contribution is -0.128. The normalized spacial score (nSPS) is 17.4. The van der Waals surface area contributed by atoms with Crippen molar-refractivity contribution in [3.63, 3.8) is 0 Å². The second kappa shape index (κ2) is 7.04. The molecular weight excluding hydrogens is 318 g/mol. The number of aryl methyl sites for hydroxylation is 1. The van der Waals surface area contributed by atoms with Gasteiger partial charge in [0.15, 0.2) is 5.82 Å².